The third-order valence-corrected chi connectivity index (χ3v) is 3.81. The fourth-order valence-electron chi connectivity index (χ4n) is 2.83. The molecule has 5 nitrogen and oxygen atoms in total. The molecule has 0 amide bonds. The van der Waals surface area contributed by atoms with E-state index in [-0.39, 0.29) is 11.6 Å². The molecule has 0 radical (unpaired) electrons. The lowest BCUT2D eigenvalue weighted by Crippen LogP contribution is -2.42. The number of rotatable bonds is 5. The molecule has 19 heavy (non-hydrogen) atoms. The van der Waals surface area contributed by atoms with Crippen LogP contribution in [0, 0.1) is 0 Å². The molecule has 1 aliphatic rings. The summed E-state index contributed by atoms with van der Waals surface area (Å²) in [5, 5.41) is 0. The normalized spacial score (nSPS) is 16.2. The lowest BCUT2D eigenvalue weighted by Gasteiger charge is -2.29. The van der Waals surface area contributed by atoms with Gasteiger partial charge in [0, 0.05) is 37.6 Å². The van der Waals surface area contributed by atoms with Crippen molar-refractivity contribution in [2.45, 2.75) is 51.6 Å². The summed E-state index contributed by atoms with van der Waals surface area (Å²) in [6.45, 7) is 5.27. The number of hydrogen-bond donors (Lipinski definition) is 1. The second-order valence-corrected chi connectivity index (χ2v) is 5.48. The molecule has 106 valence electrons. The Morgan fingerprint density at radius 2 is 2.16 bits per heavy atom. The first-order chi connectivity index (χ1) is 9.15. The molecule has 1 fully saturated rings. The van der Waals surface area contributed by atoms with E-state index in [9.17, 15) is 4.79 Å². The maximum absolute atomic E-state index is 12.5. The Labute approximate surface area is 114 Å². The van der Waals surface area contributed by atoms with E-state index in [1.165, 1.54) is 12.8 Å². The maximum atomic E-state index is 12.5. The van der Waals surface area contributed by atoms with Crippen molar-refractivity contribution in [2.75, 3.05) is 18.0 Å². The van der Waals surface area contributed by atoms with Crippen molar-refractivity contribution in [2.24, 2.45) is 5.73 Å². The lowest BCUT2D eigenvalue weighted by molar-refractivity contribution is 0.555. The van der Waals surface area contributed by atoms with Crippen LogP contribution >= 0.6 is 0 Å². The Morgan fingerprint density at radius 3 is 2.74 bits per heavy atom. The minimum Gasteiger partial charge on any atom is -0.348 e. The van der Waals surface area contributed by atoms with E-state index in [0.717, 1.165) is 12.8 Å². The van der Waals surface area contributed by atoms with Crippen LogP contribution in [0.15, 0.2) is 17.2 Å². The van der Waals surface area contributed by atoms with E-state index in [1.807, 2.05) is 13.8 Å². The van der Waals surface area contributed by atoms with Crippen LogP contribution in [0.3, 0.4) is 0 Å². The SMILES string of the molecule is CC(C)n1ccnc(N(CCN)C2CCCC2)c1=O. The molecule has 0 unspecified atom stereocenters. The van der Waals surface area contributed by atoms with Gasteiger partial charge in [-0.15, -0.1) is 0 Å². The smallest absolute Gasteiger partial charge is 0.293 e. The summed E-state index contributed by atoms with van der Waals surface area (Å²) in [5.74, 6) is 0.563. The monoisotopic (exact) mass is 264 g/mol. The molecule has 0 atom stereocenters. The Balaban J connectivity index is 2.36. The minimum absolute atomic E-state index is 0.00199. The summed E-state index contributed by atoms with van der Waals surface area (Å²) in [5.41, 5.74) is 5.70. The van der Waals surface area contributed by atoms with Gasteiger partial charge in [-0.25, -0.2) is 4.98 Å². The van der Waals surface area contributed by atoms with Gasteiger partial charge in [-0.1, -0.05) is 12.8 Å². The second-order valence-electron chi connectivity index (χ2n) is 5.48. The minimum atomic E-state index is -0.00199. The number of anilines is 1. The van der Waals surface area contributed by atoms with E-state index in [2.05, 4.69) is 9.88 Å². The standard InChI is InChI=1S/C14H24N4O/c1-11(2)17-10-8-16-13(14(17)19)18(9-7-15)12-5-3-4-6-12/h8,10-12H,3-7,9,15H2,1-2H3. The Bertz CT molecular complexity index is 463. The van der Waals surface area contributed by atoms with Crippen LogP contribution < -0.4 is 16.2 Å². The van der Waals surface area contributed by atoms with Gasteiger partial charge in [0.05, 0.1) is 0 Å². The first-order valence-corrected chi connectivity index (χ1v) is 7.19. The molecule has 1 saturated carbocycles. The van der Waals surface area contributed by atoms with Gasteiger partial charge in [0.1, 0.15) is 0 Å². The van der Waals surface area contributed by atoms with Gasteiger partial charge in [0.2, 0.25) is 0 Å². The molecule has 0 aromatic carbocycles. The van der Waals surface area contributed by atoms with E-state index < -0.39 is 0 Å². The summed E-state index contributed by atoms with van der Waals surface area (Å²) in [6, 6.07) is 0.573. The molecular formula is C14H24N4O. The lowest BCUT2D eigenvalue weighted by atomic mass is 10.2. The van der Waals surface area contributed by atoms with E-state index in [1.54, 1.807) is 17.0 Å². The van der Waals surface area contributed by atoms with Crippen molar-refractivity contribution in [1.29, 1.82) is 0 Å². The van der Waals surface area contributed by atoms with Crippen molar-refractivity contribution in [3.8, 4) is 0 Å². The van der Waals surface area contributed by atoms with Gasteiger partial charge in [-0.2, -0.15) is 0 Å². The van der Waals surface area contributed by atoms with Crippen LogP contribution in [0.25, 0.3) is 0 Å². The van der Waals surface area contributed by atoms with Crippen molar-refractivity contribution in [3.63, 3.8) is 0 Å². The highest BCUT2D eigenvalue weighted by molar-refractivity contribution is 5.37. The van der Waals surface area contributed by atoms with E-state index in [4.69, 9.17) is 5.73 Å². The zero-order chi connectivity index (χ0) is 13.8. The molecule has 5 heteroatoms. The van der Waals surface area contributed by atoms with Gasteiger partial charge in [-0.3, -0.25) is 4.79 Å². The molecule has 1 heterocycles. The number of hydrogen-bond acceptors (Lipinski definition) is 4. The summed E-state index contributed by atoms with van der Waals surface area (Å²) >= 11 is 0. The predicted molar refractivity (Wildman–Crippen MR) is 77.5 cm³/mol. The zero-order valence-electron chi connectivity index (χ0n) is 11.9. The van der Waals surface area contributed by atoms with Gasteiger partial charge in [0.15, 0.2) is 5.82 Å². The van der Waals surface area contributed by atoms with Crippen LogP contribution in [0.2, 0.25) is 0 Å². The highest BCUT2D eigenvalue weighted by Crippen LogP contribution is 2.25. The summed E-state index contributed by atoms with van der Waals surface area (Å²) in [7, 11) is 0. The average molecular weight is 264 g/mol. The second kappa shape index (κ2) is 6.19. The van der Waals surface area contributed by atoms with Gasteiger partial charge in [-0.05, 0) is 26.7 Å². The van der Waals surface area contributed by atoms with Crippen molar-refractivity contribution < 1.29 is 0 Å². The summed E-state index contributed by atoms with van der Waals surface area (Å²) in [4.78, 5) is 18.9. The first-order valence-electron chi connectivity index (χ1n) is 7.19. The fourth-order valence-corrected chi connectivity index (χ4v) is 2.83. The topological polar surface area (TPSA) is 64.2 Å². The molecular weight excluding hydrogens is 240 g/mol. The third-order valence-electron chi connectivity index (χ3n) is 3.81. The van der Waals surface area contributed by atoms with E-state index in [0.29, 0.717) is 24.9 Å². The Morgan fingerprint density at radius 1 is 1.47 bits per heavy atom. The number of aromatic nitrogens is 2. The van der Waals surface area contributed by atoms with Crippen molar-refractivity contribution >= 4 is 5.82 Å². The predicted octanol–water partition coefficient (Wildman–Crippen LogP) is 1.53. The summed E-state index contributed by atoms with van der Waals surface area (Å²) < 4.78 is 1.74. The molecule has 2 rings (SSSR count). The van der Waals surface area contributed by atoms with Gasteiger partial charge in [0.25, 0.3) is 5.56 Å². The van der Waals surface area contributed by atoms with E-state index >= 15 is 0 Å². The molecule has 0 aliphatic heterocycles. The first kappa shape index (κ1) is 14.1. The summed E-state index contributed by atoms with van der Waals surface area (Å²) in [6.07, 6.45) is 8.21. The van der Waals surface area contributed by atoms with Crippen molar-refractivity contribution in [1.82, 2.24) is 9.55 Å². The van der Waals surface area contributed by atoms with Crippen LogP contribution in [0.5, 0.6) is 0 Å². The number of nitrogens with two attached hydrogens (primary N) is 1. The van der Waals surface area contributed by atoms with Crippen LogP contribution in [0.4, 0.5) is 5.82 Å². The van der Waals surface area contributed by atoms with Crippen LogP contribution in [-0.4, -0.2) is 28.7 Å². The molecule has 2 N–H and O–H groups in total. The van der Waals surface area contributed by atoms with Gasteiger partial charge < -0.3 is 15.2 Å². The fraction of sp³-hybridized carbons (Fsp3) is 0.714. The maximum Gasteiger partial charge on any atom is 0.293 e. The Hall–Kier alpha value is -1.36. The number of nitrogens with zero attached hydrogens (tertiary/aromatic N) is 3. The van der Waals surface area contributed by atoms with Crippen LogP contribution in [-0.2, 0) is 0 Å². The molecule has 1 aromatic rings. The van der Waals surface area contributed by atoms with Crippen LogP contribution in [0.1, 0.15) is 45.6 Å². The van der Waals surface area contributed by atoms with Crippen molar-refractivity contribution in [3.05, 3.63) is 22.7 Å². The van der Waals surface area contributed by atoms with Gasteiger partial charge >= 0.3 is 0 Å². The molecule has 0 bridgehead atoms. The quantitative estimate of drug-likeness (QED) is 0.876. The molecule has 0 spiro atoms. The zero-order valence-corrected chi connectivity index (χ0v) is 11.9. The highest BCUT2D eigenvalue weighted by atomic mass is 16.1. The Kier molecular flexibility index (Phi) is 4.58. The average Bonchev–Trinajstić information content (AvgIpc) is 2.90. The molecule has 0 saturated heterocycles. The third kappa shape index (κ3) is 2.97. The highest BCUT2D eigenvalue weighted by Gasteiger charge is 2.25. The molecule has 1 aliphatic carbocycles. The molecule has 1 aromatic heterocycles. The largest absolute Gasteiger partial charge is 0.348 e.